The lowest BCUT2D eigenvalue weighted by molar-refractivity contribution is 0.102. The zero-order chi connectivity index (χ0) is 22.2. The number of amides is 1. The Balaban J connectivity index is 1.55. The third-order valence-corrected chi connectivity index (χ3v) is 6.58. The third-order valence-electron chi connectivity index (χ3n) is 4.70. The number of sulfone groups is 1. The Morgan fingerprint density at radius 2 is 1.77 bits per heavy atom. The summed E-state index contributed by atoms with van der Waals surface area (Å²) >= 11 is 1.29. The van der Waals surface area contributed by atoms with Gasteiger partial charge in [-0.1, -0.05) is 11.2 Å². The summed E-state index contributed by atoms with van der Waals surface area (Å²) in [5.41, 5.74) is 4.17. The molecule has 10 heteroatoms. The number of pyridine rings is 1. The molecule has 0 spiro atoms. The van der Waals surface area contributed by atoms with Crippen molar-refractivity contribution in [2.45, 2.75) is 18.7 Å². The standard InChI is InChI=1S/C21H18N4O4S2/c1-12-4-9-17(23-13(12)2)18-11-30-21(24-18)25-20(26)16-10-22-29-19(16)14-5-7-15(8-6-14)31(3,27)28/h4-11H,1-3H3,(H,24,25,26). The molecule has 0 saturated carbocycles. The Hall–Kier alpha value is -3.37. The lowest BCUT2D eigenvalue weighted by Crippen LogP contribution is -2.12. The molecule has 0 aliphatic carbocycles. The number of hydrogen-bond donors (Lipinski definition) is 1. The molecule has 4 aromatic rings. The van der Waals surface area contributed by atoms with Crippen molar-refractivity contribution in [3.8, 4) is 22.7 Å². The molecule has 0 atom stereocenters. The van der Waals surface area contributed by atoms with Crippen molar-refractivity contribution in [2.75, 3.05) is 11.6 Å². The number of benzene rings is 1. The van der Waals surface area contributed by atoms with Crippen molar-refractivity contribution >= 4 is 32.2 Å². The topological polar surface area (TPSA) is 115 Å². The predicted molar refractivity (Wildman–Crippen MR) is 118 cm³/mol. The molecular formula is C21H18N4O4S2. The number of nitrogens with one attached hydrogen (secondary N) is 1. The molecule has 0 saturated heterocycles. The van der Waals surface area contributed by atoms with Gasteiger partial charge in [0, 0.05) is 22.9 Å². The molecular weight excluding hydrogens is 436 g/mol. The van der Waals surface area contributed by atoms with Crippen LogP contribution in [0.15, 0.2) is 57.4 Å². The fraction of sp³-hybridized carbons (Fsp3) is 0.143. The van der Waals surface area contributed by atoms with Crippen molar-refractivity contribution in [3.05, 3.63) is 64.8 Å². The highest BCUT2D eigenvalue weighted by Crippen LogP contribution is 2.28. The van der Waals surface area contributed by atoms with E-state index in [0.29, 0.717) is 16.4 Å². The summed E-state index contributed by atoms with van der Waals surface area (Å²) in [6.07, 6.45) is 2.44. The number of carbonyl (C=O) groups excluding carboxylic acids is 1. The van der Waals surface area contributed by atoms with Crippen LogP contribution in [0.25, 0.3) is 22.7 Å². The number of carbonyl (C=O) groups is 1. The molecule has 0 aliphatic rings. The highest BCUT2D eigenvalue weighted by atomic mass is 32.2. The van der Waals surface area contributed by atoms with Crippen LogP contribution < -0.4 is 5.32 Å². The van der Waals surface area contributed by atoms with Crippen LogP contribution in [-0.4, -0.2) is 35.7 Å². The minimum Gasteiger partial charge on any atom is -0.355 e. The molecule has 4 rings (SSSR count). The number of aromatic nitrogens is 3. The zero-order valence-corrected chi connectivity index (χ0v) is 18.5. The van der Waals surface area contributed by atoms with Crippen molar-refractivity contribution < 1.29 is 17.7 Å². The maximum atomic E-state index is 12.8. The van der Waals surface area contributed by atoms with Crippen LogP contribution in [0.4, 0.5) is 5.13 Å². The van der Waals surface area contributed by atoms with Crippen molar-refractivity contribution in [3.63, 3.8) is 0 Å². The molecule has 0 aliphatic heterocycles. The first-order valence-corrected chi connectivity index (χ1v) is 12.0. The maximum Gasteiger partial charge on any atom is 0.263 e. The van der Waals surface area contributed by atoms with Gasteiger partial charge in [0.15, 0.2) is 20.7 Å². The minimum atomic E-state index is -3.32. The van der Waals surface area contributed by atoms with E-state index in [1.165, 1.54) is 29.7 Å². The predicted octanol–water partition coefficient (Wildman–Crippen LogP) is 4.13. The van der Waals surface area contributed by atoms with Crippen LogP contribution in [0.3, 0.4) is 0 Å². The average Bonchev–Trinajstić information content (AvgIpc) is 3.39. The van der Waals surface area contributed by atoms with Crippen molar-refractivity contribution in [1.82, 2.24) is 15.1 Å². The largest absolute Gasteiger partial charge is 0.355 e. The van der Waals surface area contributed by atoms with Gasteiger partial charge in [-0.05, 0) is 49.7 Å². The summed E-state index contributed by atoms with van der Waals surface area (Å²) < 4.78 is 28.5. The second-order valence-corrected chi connectivity index (χ2v) is 9.83. The Bertz CT molecular complexity index is 1370. The number of anilines is 1. The van der Waals surface area contributed by atoms with Gasteiger partial charge in [-0.2, -0.15) is 0 Å². The summed E-state index contributed by atoms with van der Waals surface area (Å²) in [4.78, 5) is 21.9. The molecule has 0 radical (unpaired) electrons. The van der Waals surface area contributed by atoms with Gasteiger partial charge < -0.3 is 4.52 Å². The molecule has 3 aromatic heterocycles. The number of hydrogen-bond acceptors (Lipinski definition) is 8. The van der Waals surface area contributed by atoms with Crippen molar-refractivity contribution in [1.29, 1.82) is 0 Å². The number of nitrogens with zero attached hydrogens (tertiary/aromatic N) is 3. The summed E-state index contributed by atoms with van der Waals surface area (Å²) in [6.45, 7) is 3.92. The maximum absolute atomic E-state index is 12.8. The highest BCUT2D eigenvalue weighted by molar-refractivity contribution is 7.90. The van der Waals surface area contributed by atoms with Crippen LogP contribution in [-0.2, 0) is 9.84 Å². The Kier molecular flexibility index (Phi) is 5.42. The van der Waals surface area contributed by atoms with Gasteiger partial charge in [0.1, 0.15) is 11.3 Å². The monoisotopic (exact) mass is 454 g/mol. The molecule has 1 N–H and O–H groups in total. The van der Waals surface area contributed by atoms with E-state index in [1.807, 2.05) is 31.4 Å². The number of rotatable bonds is 5. The summed E-state index contributed by atoms with van der Waals surface area (Å²) in [5, 5.41) is 8.71. The molecule has 31 heavy (non-hydrogen) atoms. The van der Waals surface area contributed by atoms with Crippen LogP contribution in [0.5, 0.6) is 0 Å². The zero-order valence-electron chi connectivity index (χ0n) is 16.9. The first-order chi connectivity index (χ1) is 14.7. The first-order valence-electron chi connectivity index (χ1n) is 9.19. The average molecular weight is 455 g/mol. The molecule has 0 bridgehead atoms. The smallest absolute Gasteiger partial charge is 0.263 e. The lowest BCUT2D eigenvalue weighted by Gasteiger charge is -2.03. The highest BCUT2D eigenvalue weighted by Gasteiger charge is 2.20. The Morgan fingerprint density at radius 3 is 2.45 bits per heavy atom. The molecule has 8 nitrogen and oxygen atoms in total. The van der Waals surface area contributed by atoms with Crippen LogP contribution in [0.2, 0.25) is 0 Å². The lowest BCUT2D eigenvalue weighted by atomic mass is 10.1. The van der Waals surface area contributed by atoms with Gasteiger partial charge >= 0.3 is 0 Å². The molecule has 0 fully saturated rings. The third kappa shape index (κ3) is 4.39. The van der Waals surface area contributed by atoms with E-state index in [1.54, 1.807) is 12.1 Å². The van der Waals surface area contributed by atoms with E-state index >= 15 is 0 Å². The normalized spacial score (nSPS) is 11.5. The summed E-state index contributed by atoms with van der Waals surface area (Å²) in [7, 11) is -3.32. The molecule has 3 heterocycles. The summed E-state index contributed by atoms with van der Waals surface area (Å²) in [6, 6.07) is 9.92. The second kappa shape index (κ2) is 8.05. The van der Waals surface area contributed by atoms with Crippen LogP contribution in [0, 0.1) is 13.8 Å². The fourth-order valence-electron chi connectivity index (χ4n) is 2.85. The first kappa shape index (κ1) is 20.9. The SMILES string of the molecule is Cc1ccc(-c2csc(NC(=O)c3cnoc3-c3ccc(S(C)(=O)=O)cc3)n2)nc1C. The van der Waals surface area contributed by atoms with E-state index in [-0.39, 0.29) is 16.2 Å². The van der Waals surface area contributed by atoms with Gasteiger partial charge in [-0.3, -0.25) is 15.1 Å². The van der Waals surface area contributed by atoms with E-state index in [9.17, 15) is 13.2 Å². The Morgan fingerprint density at radius 1 is 1.03 bits per heavy atom. The van der Waals surface area contributed by atoms with Gasteiger partial charge in [-0.25, -0.2) is 13.4 Å². The molecule has 0 unspecified atom stereocenters. The molecule has 1 amide bonds. The number of thiazole rings is 1. The fourth-order valence-corrected chi connectivity index (χ4v) is 4.18. The van der Waals surface area contributed by atoms with Gasteiger partial charge in [0.2, 0.25) is 0 Å². The van der Waals surface area contributed by atoms with Crippen molar-refractivity contribution in [2.24, 2.45) is 0 Å². The van der Waals surface area contributed by atoms with Gasteiger partial charge in [-0.15, -0.1) is 11.3 Å². The Labute approximate surface area is 182 Å². The summed E-state index contributed by atoms with van der Waals surface area (Å²) in [5.74, 6) is -0.192. The molecule has 158 valence electrons. The second-order valence-electron chi connectivity index (χ2n) is 6.96. The molecule has 1 aromatic carbocycles. The van der Waals surface area contributed by atoms with E-state index in [4.69, 9.17) is 4.52 Å². The van der Waals surface area contributed by atoms with E-state index in [0.717, 1.165) is 23.2 Å². The number of aryl methyl sites for hydroxylation is 2. The van der Waals surface area contributed by atoms with Gasteiger partial charge in [0.05, 0.1) is 16.8 Å². The quantitative estimate of drug-likeness (QED) is 0.482. The van der Waals surface area contributed by atoms with E-state index in [2.05, 4.69) is 20.4 Å². The van der Waals surface area contributed by atoms with Gasteiger partial charge in [0.25, 0.3) is 5.91 Å². The minimum absolute atomic E-state index is 0.178. The van der Waals surface area contributed by atoms with Crippen LogP contribution >= 0.6 is 11.3 Å². The van der Waals surface area contributed by atoms with E-state index < -0.39 is 15.7 Å². The van der Waals surface area contributed by atoms with Crippen LogP contribution in [0.1, 0.15) is 21.6 Å².